The van der Waals surface area contributed by atoms with Crippen LogP contribution >= 0.6 is 0 Å². The Hall–Kier alpha value is -2.97. The first-order valence-corrected chi connectivity index (χ1v) is 11.1. The highest BCUT2D eigenvalue weighted by Crippen LogP contribution is 2.35. The molecular weight excluding hydrogens is 406 g/mol. The van der Waals surface area contributed by atoms with Crippen molar-refractivity contribution in [1.29, 1.82) is 0 Å². The van der Waals surface area contributed by atoms with Gasteiger partial charge in [-0.15, -0.1) is 0 Å². The lowest BCUT2D eigenvalue weighted by Gasteiger charge is -2.21. The number of anilines is 1. The van der Waals surface area contributed by atoms with Crippen molar-refractivity contribution >= 4 is 5.82 Å². The number of ether oxygens (including phenoxy) is 1. The van der Waals surface area contributed by atoms with Crippen LogP contribution in [0.25, 0.3) is 22.6 Å². The number of hydrogen-bond donors (Lipinski definition) is 2. The van der Waals surface area contributed by atoms with Gasteiger partial charge in [-0.3, -0.25) is 0 Å². The second-order valence-electron chi connectivity index (χ2n) is 8.29. The average Bonchev–Trinajstić information content (AvgIpc) is 3.43. The highest BCUT2D eigenvalue weighted by molar-refractivity contribution is 5.75. The molecule has 0 bridgehead atoms. The Morgan fingerprint density at radius 3 is 2.66 bits per heavy atom. The normalized spacial score (nSPS) is 14.7. The summed E-state index contributed by atoms with van der Waals surface area (Å²) in [6.07, 6.45) is 1.75. The fourth-order valence-electron chi connectivity index (χ4n) is 4.15. The van der Waals surface area contributed by atoms with E-state index in [1.807, 2.05) is 38.1 Å². The predicted octanol–water partition coefficient (Wildman–Crippen LogP) is 3.28. The first-order valence-electron chi connectivity index (χ1n) is 11.1. The molecule has 32 heavy (non-hydrogen) atoms. The third-order valence-corrected chi connectivity index (χ3v) is 5.77. The fraction of sp³-hybridized carbons (Fsp3) is 0.458. The van der Waals surface area contributed by atoms with Crippen molar-refractivity contribution < 1.29 is 14.4 Å². The molecule has 170 valence electrons. The monoisotopic (exact) mass is 437 g/mol. The molecule has 0 spiro atoms. The van der Waals surface area contributed by atoms with Gasteiger partial charge in [0, 0.05) is 30.8 Å². The van der Waals surface area contributed by atoms with Crippen LogP contribution in [0.3, 0.4) is 0 Å². The number of aromatic nitrogens is 3. The molecule has 4 rings (SSSR count). The Bertz CT molecular complexity index is 1060. The summed E-state index contributed by atoms with van der Waals surface area (Å²) in [7, 11) is 1.80. The summed E-state index contributed by atoms with van der Waals surface area (Å²) in [5.74, 6) is 3.01. The lowest BCUT2D eigenvalue weighted by Crippen LogP contribution is -2.29. The Morgan fingerprint density at radius 1 is 1.19 bits per heavy atom. The molecule has 8 nitrogen and oxygen atoms in total. The van der Waals surface area contributed by atoms with Gasteiger partial charge in [0.05, 0.1) is 17.0 Å². The van der Waals surface area contributed by atoms with Crippen molar-refractivity contribution in [2.45, 2.75) is 39.7 Å². The van der Waals surface area contributed by atoms with E-state index in [9.17, 15) is 5.11 Å². The van der Waals surface area contributed by atoms with E-state index in [4.69, 9.17) is 19.2 Å². The van der Waals surface area contributed by atoms with Crippen LogP contribution in [0.4, 0.5) is 5.82 Å². The van der Waals surface area contributed by atoms with E-state index in [0.29, 0.717) is 18.1 Å². The van der Waals surface area contributed by atoms with Crippen LogP contribution in [0.5, 0.6) is 5.75 Å². The van der Waals surface area contributed by atoms with E-state index in [0.717, 1.165) is 65.6 Å². The minimum Gasteiger partial charge on any atom is -0.491 e. The van der Waals surface area contributed by atoms with Crippen molar-refractivity contribution in [2.75, 3.05) is 38.2 Å². The first kappa shape index (κ1) is 22.2. The SMILES string of the molecule is CNCC(O)COc1cccc(-c2nc(-c3c(C)noc3C)c(C)c(N3CCCC3)n2)c1. The number of aliphatic hydroxyl groups excluding tert-OH is 1. The average molecular weight is 438 g/mol. The van der Waals surface area contributed by atoms with Crippen molar-refractivity contribution in [3.05, 3.63) is 41.3 Å². The molecule has 3 heterocycles. The standard InChI is InChI=1S/C24H31N5O3/c1-15-22(21-16(2)28-32-17(21)3)26-23(27-24(15)29-10-5-6-11-29)18-8-7-9-20(12-18)31-14-19(30)13-25-4/h7-9,12,19,25,30H,5-6,10-11,13-14H2,1-4H3. The minimum atomic E-state index is -0.577. The first-order chi connectivity index (χ1) is 15.5. The lowest BCUT2D eigenvalue weighted by atomic mass is 10.0. The van der Waals surface area contributed by atoms with Crippen molar-refractivity contribution in [2.24, 2.45) is 0 Å². The number of aryl methyl sites for hydroxylation is 2. The second kappa shape index (κ2) is 9.67. The van der Waals surface area contributed by atoms with Gasteiger partial charge < -0.3 is 24.6 Å². The molecule has 1 aliphatic heterocycles. The van der Waals surface area contributed by atoms with Crippen molar-refractivity contribution in [1.82, 2.24) is 20.4 Å². The topological polar surface area (TPSA) is 96.5 Å². The van der Waals surface area contributed by atoms with E-state index in [1.165, 1.54) is 0 Å². The maximum Gasteiger partial charge on any atom is 0.162 e. The molecule has 0 saturated carbocycles. The Balaban J connectivity index is 1.75. The number of nitrogens with zero attached hydrogens (tertiary/aromatic N) is 4. The number of benzene rings is 1. The zero-order valence-electron chi connectivity index (χ0n) is 19.2. The Kier molecular flexibility index (Phi) is 6.72. The third-order valence-electron chi connectivity index (χ3n) is 5.77. The van der Waals surface area contributed by atoms with Crippen LogP contribution < -0.4 is 15.0 Å². The number of aliphatic hydroxyl groups is 1. The summed E-state index contributed by atoms with van der Waals surface area (Å²) < 4.78 is 11.2. The van der Waals surface area contributed by atoms with E-state index in [-0.39, 0.29) is 6.61 Å². The molecule has 0 radical (unpaired) electrons. The highest BCUT2D eigenvalue weighted by atomic mass is 16.5. The molecule has 8 heteroatoms. The second-order valence-corrected chi connectivity index (χ2v) is 8.29. The molecule has 2 N–H and O–H groups in total. The third kappa shape index (κ3) is 4.61. The zero-order valence-corrected chi connectivity index (χ0v) is 19.2. The van der Waals surface area contributed by atoms with Crippen LogP contribution in [0.15, 0.2) is 28.8 Å². The van der Waals surface area contributed by atoms with E-state index < -0.39 is 6.10 Å². The van der Waals surface area contributed by atoms with Gasteiger partial charge in [0.25, 0.3) is 0 Å². The summed E-state index contributed by atoms with van der Waals surface area (Å²) in [6.45, 7) is 8.59. The summed E-state index contributed by atoms with van der Waals surface area (Å²) in [4.78, 5) is 12.3. The molecule has 0 aliphatic carbocycles. The molecule has 1 atom stereocenters. The van der Waals surface area contributed by atoms with Gasteiger partial charge in [-0.2, -0.15) is 0 Å². The predicted molar refractivity (Wildman–Crippen MR) is 124 cm³/mol. The van der Waals surface area contributed by atoms with E-state index >= 15 is 0 Å². The van der Waals surface area contributed by atoms with Crippen molar-refractivity contribution in [3.8, 4) is 28.4 Å². The molecule has 1 aromatic carbocycles. The fourth-order valence-corrected chi connectivity index (χ4v) is 4.15. The van der Waals surface area contributed by atoms with Crippen molar-refractivity contribution in [3.63, 3.8) is 0 Å². The molecule has 0 amide bonds. The summed E-state index contributed by atoms with van der Waals surface area (Å²) in [6, 6.07) is 7.69. The zero-order chi connectivity index (χ0) is 22.7. The van der Waals surface area contributed by atoms with Gasteiger partial charge in [0.2, 0.25) is 0 Å². The molecule has 3 aromatic rings. The molecule has 1 fully saturated rings. The van der Waals surface area contributed by atoms with Gasteiger partial charge in [0.15, 0.2) is 5.82 Å². The minimum absolute atomic E-state index is 0.211. The van der Waals surface area contributed by atoms with Crippen LogP contribution in [0, 0.1) is 20.8 Å². The molecule has 1 aliphatic rings. The van der Waals surface area contributed by atoms with Gasteiger partial charge in [-0.05, 0) is 52.8 Å². The van der Waals surface area contributed by atoms with Gasteiger partial charge in [-0.25, -0.2) is 9.97 Å². The molecule has 1 saturated heterocycles. The smallest absolute Gasteiger partial charge is 0.162 e. The number of rotatable bonds is 8. The number of nitrogens with one attached hydrogen (secondary N) is 1. The van der Waals surface area contributed by atoms with Gasteiger partial charge in [0.1, 0.15) is 30.0 Å². The summed E-state index contributed by atoms with van der Waals surface area (Å²) in [5, 5.41) is 17.0. The lowest BCUT2D eigenvalue weighted by molar-refractivity contribution is 0.108. The van der Waals surface area contributed by atoms with E-state index in [1.54, 1.807) is 7.05 Å². The van der Waals surface area contributed by atoms with Crippen LogP contribution in [0.2, 0.25) is 0 Å². The molecule has 2 aromatic heterocycles. The van der Waals surface area contributed by atoms with Crippen LogP contribution in [0.1, 0.15) is 29.9 Å². The largest absolute Gasteiger partial charge is 0.491 e. The molecular formula is C24H31N5O3. The maximum absolute atomic E-state index is 9.95. The maximum atomic E-state index is 9.95. The van der Waals surface area contributed by atoms with Gasteiger partial charge in [-0.1, -0.05) is 17.3 Å². The summed E-state index contributed by atoms with van der Waals surface area (Å²) in [5.41, 5.74) is 4.49. The summed E-state index contributed by atoms with van der Waals surface area (Å²) >= 11 is 0. The quantitative estimate of drug-likeness (QED) is 0.554. The Morgan fingerprint density at radius 2 is 1.97 bits per heavy atom. The van der Waals surface area contributed by atoms with E-state index in [2.05, 4.69) is 22.3 Å². The number of likely N-dealkylation sites (N-methyl/N-ethyl adjacent to an activating group) is 1. The Labute approximate surface area is 188 Å². The van der Waals surface area contributed by atoms with Crippen LogP contribution in [-0.4, -0.2) is 59.6 Å². The van der Waals surface area contributed by atoms with Crippen LogP contribution in [-0.2, 0) is 0 Å². The van der Waals surface area contributed by atoms with Gasteiger partial charge >= 0.3 is 0 Å². The number of hydrogen-bond acceptors (Lipinski definition) is 8. The highest BCUT2D eigenvalue weighted by Gasteiger charge is 2.24. The molecule has 1 unspecified atom stereocenters.